The molecule has 2 aromatic carbocycles. The third-order valence-electron chi connectivity index (χ3n) is 4.78. The van der Waals surface area contributed by atoms with Gasteiger partial charge in [0.1, 0.15) is 11.9 Å². The number of nitrogens with one attached hydrogen (secondary N) is 1. The van der Waals surface area contributed by atoms with Gasteiger partial charge in [0.15, 0.2) is 11.5 Å². The molecule has 1 aliphatic heterocycles. The number of benzene rings is 2. The normalized spacial score (nSPS) is 14.2. The fourth-order valence-corrected chi connectivity index (χ4v) is 4.48. The summed E-state index contributed by atoms with van der Waals surface area (Å²) in [7, 11) is 0. The number of carbonyl (C=O) groups is 2. The number of rotatable bonds is 8. The lowest BCUT2D eigenvalue weighted by Gasteiger charge is -2.26. The second-order valence-electron chi connectivity index (χ2n) is 7.14. The molecule has 170 valence electrons. The number of amides is 1. The van der Waals surface area contributed by atoms with Crippen LogP contribution in [0.15, 0.2) is 51.4 Å². The number of aliphatic carboxylic acids is 1. The lowest BCUT2D eigenvalue weighted by molar-refractivity contribution is -0.131. The molecule has 0 fully saturated rings. The van der Waals surface area contributed by atoms with Crippen molar-refractivity contribution in [2.75, 3.05) is 12.1 Å². The summed E-state index contributed by atoms with van der Waals surface area (Å²) in [5.41, 5.74) is 0.886. The maximum absolute atomic E-state index is 12.7. The first kappa shape index (κ1) is 23.9. The van der Waals surface area contributed by atoms with Crippen LogP contribution in [0.3, 0.4) is 0 Å². The Labute approximate surface area is 201 Å². The number of carboxylic acid groups (broad SMARTS) is 1. The average Bonchev–Trinajstić information content (AvgIpc) is 3.19. The van der Waals surface area contributed by atoms with E-state index in [0.29, 0.717) is 44.5 Å². The third-order valence-corrected chi connectivity index (χ3v) is 5.85. The minimum Gasteiger partial charge on any atom is -0.506 e. The minimum atomic E-state index is -1.03. The lowest BCUT2D eigenvalue weighted by Crippen LogP contribution is -2.22. The van der Waals surface area contributed by atoms with Crippen molar-refractivity contribution in [3.05, 3.63) is 57.0 Å². The van der Waals surface area contributed by atoms with Gasteiger partial charge in [-0.25, -0.2) is 9.59 Å². The van der Waals surface area contributed by atoms with E-state index >= 15 is 0 Å². The average molecular weight is 571 g/mol. The molecule has 0 radical (unpaired) electrons. The molecule has 3 N–H and O–H groups in total. The molecule has 8 nitrogen and oxygen atoms in total. The highest BCUT2D eigenvalue weighted by Gasteiger charge is 2.28. The van der Waals surface area contributed by atoms with Gasteiger partial charge in [-0.15, -0.1) is 0 Å². The predicted octanol–water partition coefficient (Wildman–Crippen LogP) is 5.99. The SMILES string of the molecule is C[C@@H](CC/C=C/C(=O)O)[C@H](OC(=O)Nc1ccc2c(c1)OCO2)c1cc(Br)cc(Br)c1O. The number of fused-ring (bicyclic) bond motifs is 1. The standard InChI is InChI=1S/C22H21Br2NO7/c1-12(4-2-3-5-19(26)27)21(15-8-13(23)9-16(24)20(15)28)32-22(29)25-14-6-7-17-18(10-14)31-11-30-17/h3,5-10,12,21,28H,2,4,11H2,1H3,(H,25,29)(H,26,27)/b5-3+/t12-,21-/m0/s1. The van der Waals surface area contributed by atoms with E-state index in [2.05, 4.69) is 37.2 Å². The molecule has 2 atom stereocenters. The summed E-state index contributed by atoms with van der Waals surface area (Å²) < 4.78 is 17.5. The number of aromatic hydroxyl groups is 1. The Bertz CT molecular complexity index is 1040. The molecule has 1 amide bonds. The predicted molar refractivity (Wildman–Crippen MR) is 124 cm³/mol. The van der Waals surface area contributed by atoms with Crippen molar-refractivity contribution >= 4 is 49.6 Å². The van der Waals surface area contributed by atoms with Gasteiger partial charge in [-0.1, -0.05) is 28.9 Å². The molecule has 0 aromatic heterocycles. The fourth-order valence-electron chi connectivity index (χ4n) is 3.22. The Hall–Kier alpha value is -2.72. The van der Waals surface area contributed by atoms with E-state index in [1.165, 1.54) is 0 Å². The number of phenols is 1. The summed E-state index contributed by atoms with van der Waals surface area (Å²) in [4.78, 5) is 23.4. The Morgan fingerprint density at radius 2 is 1.97 bits per heavy atom. The first-order chi connectivity index (χ1) is 15.2. The van der Waals surface area contributed by atoms with E-state index in [1.807, 2.05) is 6.92 Å². The van der Waals surface area contributed by atoms with Gasteiger partial charge in [0.2, 0.25) is 6.79 Å². The molecule has 0 saturated heterocycles. The highest BCUT2D eigenvalue weighted by atomic mass is 79.9. The second kappa shape index (κ2) is 10.7. The zero-order valence-electron chi connectivity index (χ0n) is 17.0. The number of hydrogen-bond acceptors (Lipinski definition) is 6. The van der Waals surface area contributed by atoms with Crippen LogP contribution in [0.25, 0.3) is 0 Å². The second-order valence-corrected chi connectivity index (χ2v) is 8.91. The Kier molecular flexibility index (Phi) is 8.03. The lowest BCUT2D eigenvalue weighted by atomic mass is 9.92. The maximum Gasteiger partial charge on any atom is 0.412 e. The third kappa shape index (κ3) is 6.17. The summed E-state index contributed by atoms with van der Waals surface area (Å²) in [6.07, 6.45) is 2.09. The van der Waals surface area contributed by atoms with Gasteiger partial charge in [-0.05, 0) is 59.0 Å². The summed E-state index contributed by atoms with van der Waals surface area (Å²) >= 11 is 6.70. The largest absolute Gasteiger partial charge is 0.506 e. The monoisotopic (exact) mass is 569 g/mol. The number of halogens is 2. The van der Waals surface area contributed by atoms with E-state index in [9.17, 15) is 14.7 Å². The van der Waals surface area contributed by atoms with Crippen molar-refractivity contribution in [1.29, 1.82) is 0 Å². The number of ether oxygens (including phenoxy) is 3. The Morgan fingerprint density at radius 3 is 2.72 bits per heavy atom. The molecule has 10 heteroatoms. The molecule has 0 saturated carbocycles. The minimum absolute atomic E-state index is 0.0398. The van der Waals surface area contributed by atoms with Crippen molar-refractivity contribution in [2.45, 2.75) is 25.9 Å². The van der Waals surface area contributed by atoms with Crippen LogP contribution in [0.5, 0.6) is 17.2 Å². The number of allylic oxidation sites excluding steroid dienone is 1. The number of phenolic OH excluding ortho intramolecular Hbond substituents is 1. The van der Waals surface area contributed by atoms with Crippen molar-refractivity contribution in [3.8, 4) is 17.2 Å². The van der Waals surface area contributed by atoms with Gasteiger partial charge in [-0.2, -0.15) is 0 Å². The van der Waals surface area contributed by atoms with E-state index in [0.717, 1.165) is 6.08 Å². The number of carbonyl (C=O) groups excluding carboxylic acids is 1. The summed E-state index contributed by atoms with van der Waals surface area (Å²) in [6.45, 7) is 1.98. The van der Waals surface area contributed by atoms with E-state index in [1.54, 1.807) is 36.4 Å². The zero-order chi connectivity index (χ0) is 23.3. The molecular formula is C22H21Br2NO7. The molecule has 0 unspecified atom stereocenters. The van der Waals surface area contributed by atoms with Crippen LogP contribution < -0.4 is 14.8 Å². The quantitative estimate of drug-likeness (QED) is 0.334. The van der Waals surface area contributed by atoms with Gasteiger partial charge in [0, 0.05) is 27.9 Å². The first-order valence-corrected chi connectivity index (χ1v) is 11.3. The highest BCUT2D eigenvalue weighted by molar-refractivity contribution is 9.11. The van der Waals surface area contributed by atoms with Crippen LogP contribution in [-0.2, 0) is 9.53 Å². The van der Waals surface area contributed by atoms with Crippen LogP contribution in [-0.4, -0.2) is 29.1 Å². The fraction of sp³-hybridized carbons (Fsp3) is 0.273. The Morgan fingerprint density at radius 1 is 1.22 bits per heavy atom. The van der Waals surface area contributed by atoms with E-state index in [4.69, 9.17) is 19.3 Å². The number of hydrogen-bond donors (Lipinski definition) is 3. The van der Waals surface area contributed by atoms with E-state index < -0.39 is 18.2 Å². The molecule has 3 rings (SSSR count). The summed E-state index contributed by atoms with van der Waals surface area (Å²) in [5, 5.41) is 22.0. The first-order valence-electron chi connectivity index (χ1n) is 9.69. The van der Waals surface area contributed by atoms with Gasteiger partial charge >= 0.3 is 12.1 Å². The number of carboxylic acids is 1. The molecule has 1 heterocycles. The van der Waals surface area contributed by atoms with Crippen LogP contribution >= 0.6 is 31.9 Å². The Balaban J connectivity index is 1.78. The molecule has 0 bridgehead atoms. The number of anilines is 1. The highest BCUT2D eigenvalue weighted by Crippen LogP contribution is 2.41. The maximum atomic E-state index is 12.7. The molecule has 2 aromatic rings. The van der Waals surface area contributed by atoms with Crippen molar-refractivity contribution < 1.29 is 34.0 Å². The topological polar surface area (TPSA) is 114 Å². The molecule has 32 heavy (non-hydrogen) atoms. The van der Waals surface area contributed by atoms with Gasteiger partial charge < -0.3 is 24.4 Å². The van der Waals surface area contributed by atoms with Crippen LogP contribution in [0.1, 0.15) is 31.4 Å². The van der Waals surface area contributed by atoms with Gasteiger partial charge in [0.05, 0.1) is 4.47 Å². The summed E-state index contributed by atoms with van der Waals surface area (Å²) in [6, 6.07) is 8.35. The van der Waals surface area contributed by atoms with Gasteiger partial charge in [-0.3, -0.25) is 5.32 Å². The van der Waals surface area contributed by atoms with Crippen molar-refractivity contribution in [3.63, 3.8) is 0 Å². The van der Waals surface area contributed by atoms with Crippen LogP contribution in [0.2, 0.25) is 0 Å². The van der Waals surface area contributed by atoms with E-state index in [-0.39, 0.29) is 18.5 Å². The van der Waals surface area contributed by atoms with Gasteiger partial charge in [0.25, 0.3) is 0 Å². The molecule has 0 aliphatic carbocycles. The summed E-state index contributed by atoms with van der Waals surface area (Å²) in [5.74, 6) is -0.188. The smallest absolute Gasteiger partial charge is 0.412 e. The van der Waals surface area contributed by atoms with Crippen LogP contribution in [0, 0.1) is 5.92 Å². The van der Waals surface area contributed by atoms with Crippen molar-refractivity contribution in [1.82, 2.24) is 0 Å². The van der Waals surface area contributed by atoms with Crippen molar-refractivity contribution in [2.24, 2.45) is 5.92 Å². The zero-order valence-corrected chi connectivity index (χ0v) is 20.2. The molecule has 1 aliphatic rings. The molecular weight excluding hydrogens is 550 g/mol. The van der Waals surface area contributed by atoms with Crippen LogP contribution in [0.4, 0.5) is 10.5 Å². The molecule has 0 spiro atoms.